The molecule has 2 nitrogen and oxygen atoms in total. The highest BCUT2D eigenvalue weighted by Gasteiger charge is 2.27. The first-order chi connectivity index (χ1) is 3.60. The Kier molecular flexibility index (Phi) is 1.29. The topological polar surface area (TPSA) is 26.0 Å². The lowest BCUT2D eigenvalue weighted by molar-refractivity contribution is -0.878. The van der Waals surface area contributed by atoms with E-state index in [4.69, 9.17) is 5.73 Å². The van der Waals surface area contributed by atoms with Gasteiger partial charge in [-0.2, -0.15) is 0 Å². The summed E-state index contributed by atoms with van der Waals surface area (Å²) in [5.41, 5.74) is 5.69. The summed E-state index contributed by atoms with van der Waals surface area (Å²) in [5, 5.41) is 0. The Labute approximate surface area is 50.9 Å². The molecule has 1 saturated heterocycles. The molecule has 0 aliphatic carbocycles. The summed E-state index contributed by atoms with van der Waals surface area (Å²) in [6, 6.07) is 0.463. The maximum Gasteiger partial charge on any atom is 0.0938 e. The van der Waals surface area contributed by atoms with E-state index in [1.807, 2.05) is 0 Å². The lowest BCUT2D eigenvalue weighted by Crippen LogP contribution is -2.38. The molecule has 0 aromatic heterocycles. The third-order valence-electron chi connectivity index (χ3n) is 1.83. The predicted molar refractivity (Wildman–Crippen MR) is 34.4 cm³/mol. The van der Waals surface area contributed by atoms with Crippen LogP contribution in [0.15, 0.2) is 0 Å². The van der Waals surface area contributed by atoms with Gasteiger partial charge in [-0.05, 0) is 0 Å². The molecule has 1 fully saturated rings. The second kappa shape index (κ2) is 1.71. The summed E-state index contributed by atoms with van der Waals surface area (Å²) in [6.45, 7) is 2.40. The van der Waals surface area contributed by atoms with Gasteiger partial charge in [0.2, 0.25) is 0 Å². The van der Waals surface area contributed by atoms with Crippen molar-refractivity contribution in [3.05, 3.63) is 0 Å². The summed E-state index contributed by atoms with van der Waals surface area (Å²) >= 11 is 0. The highest BCUT2D eigenvalue weighted by molar-refractivity contribution is 4.65. The quantitative estimate of drug-likeness (QED) is 0.434. The Hall–Kier alpha value is -0.0800. The van der Waals surface area contributed by atoms with Crippen LogP contribution in [-0.4, -0.2) is 37.7 Å². The Morgan fingerprint density at radius 1 is 1.50 bits per heavy atom. The van der Waals surface area contributed by atoms with E-state index in [2.05, 4.69) is 14.1 Å². The molecule has 1 aliphatic rings. The molecular formula is C6H15N2+. The van der Waals surface area contributed by atoms with Gasteiger partial charge >= 0.3 is 0 Å². The van der Waals surface area contributed by atoms with E-state index in [-0.39, 0.29) is 0 Å². The van der Waals surface area contributed by atoms with Crippen molar-refractivity contribution in [1.82, 2.24) is 0 Å². The normalized spacial score (nSPS) is 35.6. The van der Waals surface area contributed by atoms with Crippen LogP contribution >= 0.6 is 0 Å². The zero-order valence-electron chi connectivity index (χ0n) is 5.72. The van der Waals surface area contributed by atoms with E-state index < -0.39 is 0 Å². The summed E-state index contributed by atoms with van der Waals surface area (Å²) in [6.07, 6.45) is 1.20. The molecule has 2 heteroatoms. The average Bonchev–Trinajstić information content (AvgIpc) is 1.82. The number of likely N-dealkylation sites (tertiary alicyclic amines) is 1. The fourth-order valence-corrected chi connectivity index (χ4v) is 1.33. The first-order valence-corrected chi connectivity index (χ1v) is 3.18. The first kappa shape index (κ1) is 6.05. The maximum atomic E-state index is 5.69. The molecule has 0 amide bonds. The standard InChI is InChI=1S/C6H15N2/c1-8(2)4-3-6(7)5-8/h6H,3-5,7H2,1-2H3/q+1/t6-/m0/s1. The van der Waals surface area contributed by atoms with Gasteiger partial charge in [0.15, 0.2) is 0 Å². The van der Waals surface area contributed by atoms with Crippen LogP contribution in [0, 0.1) is 0 Å². The minimum atomic E-state index is 0.463. The van der Waals surface area contributed by atoms with Crippen LogP contribution in [0.4, 0.5) is 0 Å². The number of rotatable bonds is 0. The smallest absolute Gasteiger partial charge is 0.0938 e. The van der Waals surface area contributed by atoms with Gasteiger partial charge < -0.3 is 10.2 Å². The van der Waals surface area contributed by atoms with Crippen LogP contribution in [0.1, 0.15) is 6.42 Å². The third kappa shape index (κ3) is 1.20. The van der Waals surface area contributed by atoms with Crippen LogP contribution < -0.4 is 5.73 Å². The molecular weight excluding hydrogens is 100 g/mol. The van der Waals surface area contributed by atoms with Crippen LogP contribution in [0.3, 0.4) is 0 Å². The van der Waals surface area contributed by atoms with Crippen molar-refractivity contribution in [2.24, 2.45) is 5.73 Å². The zero-order chi connectivity index (χ0) is 6.20. The third-order valence-corrected chi connectivity index (χ3v) is 1.83. The largest absolute Gasteiger partial charge is 0.327 e. The molecule has 0 bridgehead atoms. The second-order valence-electron chi connectivity index (χ2n) is 3.39. The SMILES string of the molecule is C[N+]1(C)CC[C@H](N)C1. The maximum absolute atomic E-state index is 5.69. The van der Waals surface area contributed by atoms with Crippen LogP contribution in [0.2, 0.25) is 0 Å². The van der Waals surface area contributed by atoms with Gasteiger partial charge in [-0.15, -0.1) is 0 Å². The van der Waals surface area contributed by atoms with Gasteiger partial charge in [0.05, 0.1) is 33.2 Å². The van der Waals surface area contributed by atoms with Crippen molar-refractivity contribution in [3.63, 3.8) is 0 Å². The summed E-state index contributed by atoms with van der Waals surface area (Å²) < 4.78 is 1.11. The number of hydrogen-bond acceptors (Lipinski definition) is 1. The van der Waals surface area contributed by atoms with Gasteiger partial charge in [-0.3, -0.25) is 0 Å². The highest BCUT2D eigenvalue weighted by Crippen LogP contribution is 2.10. The zero-order valence-corrected chi connectivity index (χ0v) is 5.72. The number of likely N-dealkylation sites (N-methyl/N-ethyl adjacent to an activating group) is 1. The van der Waals surface area contributed by atoms with E-state index >= 15 is 0 Å². The van der Waals surface area contributed by atoms with Crippen molar-refractivity contribution >= 4 is 0 Å². The predicted octanol–water partition coefficient (Wildman–Crippen LogP) is -0.206. The lowest BCUT2D eigenvalue weighted by atomic mass is 10.3. The van der Waals surface area contributed by atoms with Gasteiger partial charge in [0, 0.05) is 6.42 Å². The molecule has 0 aromatic carbocycles. The monoisotopic (exact) mass is 115 g/mol. The molecule has 1 heterocycles. The minimum absolute atomic E-state index is 0.463. The summed E-state index contributed by atoms with van der Waals surface area (Å²) in [5.74, 6) is 0. The number of hydrogen-bond donors (Lipinski definition) is 1. The Bertz CT molecular complexity index is 88.5. The molecule has 0 saturated carbocycles. The average molecular weight is 115 g/mol. The van der Waals surface area contributed by atoms with E-state index in [1.54, 1.807) is 0 Å². The fourth-order valence-electron chi connectivity index (χ4n) is 1.33. The van der Waals surface area contributed by atoms with Crippen molar-refractivity contribution < 1.29 is 4.48 Å². The molecule has 8 heavy (non-hydrogen) atoms. The van der Waals surface area contributed by atoms with Gasteiger partial charge in [-0.1, -0.05) is 0 Å². The van der Waals surface area contributed by atoms with Gasteiger partial charge in [-0.25, -0.2) is 0 Å². The second-order valence-corrected chi connectivity index (χ2v) is 3.39. The summed E-state index contributed by atoms with van der Waals surface area (Å²) in [7, 11) is 4.46. The fraction of sp³-hybridized carbons (Fsp3) is 1.00. The molecule has 1 aliphatic heterocycles. The molecule has 1 atom stereocenters. The molecule has 0 unspecified atom stereocenters. The molecule has 0 radical (unpaired) electrons. The van der Waals surface area contributed by atoms with Crippen molar-refractivity contribution in [1.29, 1.82) is 0 Å². The van der Waals surface area contributed by atoms with E-state index in [9.17, 15) is 0 Å². The molecule has 0 aromatic rings. The van der Waals surface area contributed by atoms with Crippen LogP contribution in [0.25, 0.3) is 0 Å². The molecule has 48 valence electrons. The lowest BCUT2D eigenvalue weighted by Gasteiger charge is -2.22. The Morgan fingerprint density at radius 3 is 2.25 bits per heavy atom. The summed E-state index contributed by atoms with van der Waals surface area (Å²) in [4.78, 5) is 0. The molecule has 1 rings (SSSR count). The molecule has 0 spiro atoms. The number of nitrogens with two attached hydrogens (primary N) is 1. The van der Waals surface area contributed by atoms with E-state index in [0.717, 1.165) is 11.0 Å². The van der Waals surface area contributed by atoms with Crippen molar-refractivity contribution in [2.75, 3.05) is 27.2 Å². The Morgan fingerprint density at radius 2 is 2.12 bits per heavy atom. The van der Waals surface area contributed by atoms with Crippen molar-refractivity contribution in [2.45, 2.75) is 12.5 Å². The van der Waals surface area contributed by atoms with Crippen molar-refractivity contribution in [3.8, 4) is 0 Å². The van der Waals surface area contributed by atoms with Crippen LogP contribution in [-0.2, 0) is 0 Å². The van der Waals surface area contributed by atoms with Gasteiger partial charge in [0.25, 0.3) is 0 Å². The van der Waals surface area contributed by atoms with Gasteiger partial charge in [0.1, 0.15) is 0 Å². The van der Waals surface area contributed by atoms with E-state index in [1.165, 1.54) is 13.0 Å². The first-order valence-electron chi connectivity index (χ1n) is 3.18. The Balaban J connectivity index is 2.44. The van der Waals surface area contributed by atoms with E-state index in [0.29, 0.717) is 6.04 Å². The number of quaternary nitrogens is 1. The molecule has 2 N–H and O–H groups in total. The van der Waals surface area contributed by atoms with Crippen LogP contribution in [0.5, 0.6) is 0 Å². The minimum Gasteiger partial charge on any atom is -0.327 e. The number of nitrogens with zero attached hydrogens (tertiary/aromatic N) is 1. The highest BCUT2D eigenvalue weighted by atomic mass is 15.3.